The van der Waals surface area contributed by atoms with E-state index in [1.165, 1.54) is 0 Å². The Labute approximate surface area is 100 Å². The highest BCUT2D eigenvalue weighted by molar-refractivity contribution is 5.31. The van der Waals surface area contributed by atoms with Crippen molar-refractivity contribution in [3.63, 3.8) is 0 Å². The maximum absolute atomic E-state index is 13.1. The molecule has 1 atom stereocenters. The Balaban J connectivity index is 2.36. The van der Waals surface area contributed by atoms with Gasteiger partial charge in [0.2, 0.25) is 0 Å². The van der Waals surface area contributed by atoms with E-state index in [0.29, 0.717) is 19.1 Å². The molecule has 0 bridgehead atoms. The first-order valence-corrected chi connectivity index (χ1v) is 5.26. The summed E-state index contributed by atoms with van der Waals surface area (Å²) in [5.41, 5.74) is -1.30. The molecule has 0 amide bonds. The molecule has 1 aliphatic heterocycles. The number of rotatable bonds is 2. The van der Waals surface area contributed by atoms with E-state index in [2.05, 4.69) is 0 Å². The monoisotopic (exact) mass is 262 g/mol. The summed E-state index contributed by atoms with van der Waals surface area (Å²) in [4.78, 5) is 0. The fraction of sp³-hybridized carbons (Fsp3) is 0.333. The van der Waals surface area contributed by atoms with Gasteiger partial charge in [-0.1, -0.05) is 0 Å². The molecule has 0 fully saturated rings. The number of alkyl halides is 3. The maximum Gasteiger partial charge on any atom is 0.416 e. The first-order valence-electron chi connectivity index (χ1n) is 5.26. The number of halogens is 4. The van der Waals surface area contributed by atoms with Crippen LogP contribution >= 0.6 is 0 Å². The van der Waals surface area contributed by atoms with Crippen LogP contribution in [0.15, 0.2) is 30.0 Å². The van der Waals surface area contributed by atoms with Gasteiger partial charge in [0.25, 0.3) is 0 Å². The van der Waals surface area contributed by atoms with Crippen LogP contribution in [0.25, 0.3) is 0 Å². The lowest BCUT2D eigenvalue weighted by molar-refractivity contribution is -0.137. The number of hydrogen-bond acceptors (Lipinski definition) is 2. The normalized spacial score (nSPS) is 17.3. The summed E-state index contributed by atoms with van der Waals surface area (Å²) in [6.07, 6.45) is -3.87. The summed E-state index contributed by atoms with van der Waals surface area (Å²) in [5.74, 6) is -0.883. The van der Waals surface area contributed by atoms with E-state index in [-0.39, 0.29) is 11.3 Å². The number of benzene rings is 1. The Morgan fingerprint density at radius 1 is 1.22 bits per heavy atom. The van der Waals surface area contributed by atoms with Crippen molar-refractivity contribution in [3.8, 4) is 0 Å². The molecule has 18 heavy (non-hydrogen) atoms. The van der Waals surface area contributed by atoms with Crippen LogP contribution in [-0.4, -0.2) is 11.7 Å². The van der Waals surface area contributed by atoms with E-state index in [9.17, 15) is 22.7 Å². The van der Waals surface area contributed by atoms with Gasteiger partial charge in [-0.15, -0.1) is 0 Å². The molecule has 2 rings (SSSR count). The maximum atomic E-state index is 13.1. The Bertz CT molecular complexity index is 479. The van der Waals surface area contributed by atoms with Crippen molar-refractivity contribution in [2.24, 2.45) is 0 Å². The van der Waals surface area contributed by atoms with Crippen molar-refractivity contribution < 1.29 is 27.4 Å². The zero-order valence-corrected chi connectivity index (χ0v) is 9.17. The van der Waals surface area contributed by atoms with Gasteiger partial charge >= 0.3 is 6.18 Å². The van der Waals surface area contributed by atoms with Crippen LogP contribution in [0.4, 0.5) is 17.6 Å². The van der Waals surface area contributed by atoms with Crippen LogP contribution in [0.1, 0.15) is 23.7 Å². The van der Waals surface area contributed by atoms with Crippen LogP contribution < -0.4 is 0 Å². The predicted octanol–water partition coefficient (Wildman–Crippen LogP) is 3.18. The van der Waals surface area contributed by atoms with Crippen molar-refractivity contribution >= 4 is 0 Å². The molecule has 0 aromatic heterocycles. The van der Waals surface area contributed by atoms with Gasteiger partial charge in [0.15, 0.2) is 0 Å². The molecule has 1 aromatic rings. The molecule has 0 spiro atoms. The molecular weight excluding hydrogens is 252 g/mol. The summed E-state index contributed by atoms with van der Waals surface area (Å²) in [7, 11) is 0. The second-order valence-corrected chi connectivity index (χ2v) is 3.92. The summed E-state index contributed by atoms with van der Waals surface area (Å²) in [5, 5.41) is 9.81. The third-order valence-corrected chi connectivity index (χ3v) is 2.56. The molecule has 1 aromatic carbocycles. The summed E-state index contributed by atoms with van der Waals surface area (Å²) >= 11 is 0. The van der Waals surface area contributed by atoms with Gasteiger partial charge in [0.1, 0.15) is 17.7 Å². The highest BCUT2D eigenvalue weighted by atomic mass is 19.4. The molecule has 0 radical (unpaired) electrons. The van der Waals surface area contributed by atoms with E-state index in [0.717, 1.165) is 12.1 Å². The molecule has 1 unspecified atom stereocenters. The van der Waals surface area contributed by atoms with Crippen molar-refractivity contribution in [1.82, 2.24) is 0 Å². The topological polar surface area (TPSA) is 29.5 Å². The predicted molar refractivity (Wildman–Crippen MR) is 55.0 cm³/mol. The van der Waals surface area contributed by atoms with E-state index in [1.54, 1.807) is 6.08 Å². The minimum atomic E-state index is -4.65. The van der Waals surface area contributed by atoms with Crippen LogP contribution in [0.3, 0.4) is 0 Å². The van der Waals surface area contributed by atoms with Gasteiger partial charge in [-0.25, -0.2) is 4.39 Å². The molecule has 6 heteroatoms. The SMILES string of the molecule is OC(C1=CCCO1)c1cc(F)cc(C(F)(F)F)c1. The minimum absolute atomic E-state index is 0.161. The molecule has 1 N–H and O–H groups in total. The van der Waals surface area contributed by atoms with Gasteiger partial charge in [-0.3, -0.25) is 0 Å². The average molecular weight is 262 g/mol. The molecule has 0 aliphatic carbocycles. The van der Waals surface area contributed by atoms with E-state index in [1.807, 2.05) is 0 Å². The number of ether oxygens (including phenoxy) is 1. The number of hydrogen-bond donors (Lipinski definition) is 1. The Hall–Kier alpha value is -1.56. The average Bonchev–Trinajstić information content (AvgIpc) is 2.79. The number of aliphatic hydroxyl groups is 1. The van der Waals surface area contributed by atoms with Crippen LogP contribution in [0.5, 0.6) is 0 Å². The fourth-order valence-corrected chi connectivity index (χ4v) is 1.73. The minimum Gasteiger partial charge on any atom is -0.495 e. The summed E-state index contributed by atoms with van der Waals surface area (Å²) < 4.78 is 55.7. The third kappa shape index (κ3) is 2.64. The zero-order valence-electron chi connectivity index (χ0n) is 9.17. The lowest BCUT2D eigenvalue weighted by atomic mass is 10.0. The van der Waals surface area contributed by atoms with Crippen molar-refractivity contribution in [2.75, 3.05) is 6.61 Å². The van der Waals surface area contributed by atoms with Crippen LogP contribution in [-0.2, 0) is 10.9 Å². The largest absolute Gasteiger partial charge is 0.495 e. The number of aliphatic hydroxyl groups excluding tert-OH is 1. The smallest absolute Gasteiger partial charge is 0.416 e. The summed E-state index contributed by atoms with van der Waals surface area (Å²) in [6, 6.07) is 1.97. The van der Waals surface area contributed by atoms with Gasteiger partial charge in [-0.2, -0.15) is 13.2 Å². The lowest BCUT2D eigenvalue weighted by Crippen LogP contribution is -2.09. The highest BCUT2D eigenvalue weighted by Crippen LogP contribution is 2.34. The molecule has 98 valence electrons. The molecule has 0 saturated carbocycles. The molecule has 1 aliphatic rings. The summed E-state index contributed by atoms with van der Waals surface area (Å²) in [6.45, 7) is 0.369. The van der Waals surface area contributed by atoms with E-state index >= 15 is 0 Å². The Morgan fingerprint density at radius 3 is 2.50 bits per heavy atom. The molecule has 0 saturated heterocycles. The van der Waals surface area contributed by atoms with Gasteiger partial charge < -0.3 is 9.84 Å². The fourth-order valence-electron chi connectivity index (χ4n) is 1.73. The van der Waals surface area contributed by atoms with Gasteiger partial charge in [0, 0.05) is 6.42 Å². The van der Waals surface area contributed by atoms with Crippen LogP contribution in [0, 0.1) is 5.82 Å². The lowest BCUT2D eigenvalue weighted by Gasteiger charge is -2.15. The first-order chi connectivity index (χ1) is 8.38. The van der Waals surface area contributed by atoms with Gasteiger partial charge in [0.05, 0.1) is 12.2 Å². The van der Waals surface area contributed by atoms with E-state index in [4.69, 9.17) is 4.74 Å². The molecule has 1 heterocycles. The van der Waals surface area contributed by atoms with Crippen molar-refractivity contribution in [1.29, 1.82) is 0 Å². The third-order valence-electron chi connectivity index (χ3n) is 2.56. The van der Waals surface area contributed by atoms with Crippen molar-refractivity contribution in [2.45, 2.75) is 18.7 Å². The van der Waals surface area contributed by atoms with Gasteiger partial charge in [-0.05, 0) is 29.8 Å². The van der Waals surface area contributed by atoms with Crippen LogP contribution in [0.2, 0.25) is 0 Å². The standard InChI is InChI=1S/C12H10F4O2/c13-9-5-7(4-8(6-9)12(14,15)16)11(17)10-2-1-3-18-10/h2,4-6,11,17H,1,3H2. The Kier molecular flexibility index (Phi) is 3.30. The zero-order chi connectivity index (χ0) is 13.3. The molecule has 2 nitrogen and oxygen atoms in total. The quantitative estimate of drug-likeness (QED) is 0.829. The first kappa shape index (κ1) is 12.9. The van der Waals surface area contributed by atoms with Crippen molar-refractivity contribution in [3.05, 3.63) is 47.0 Å². The Morgan fingerprint density at radius 2 is 1.94 bits per heavy atom. The molecular formula is C12H10F4O2. The second kappa shape index (κ2) is 4.61. The highest BCUT2D eigenvalue weighted by Gasteiger charge is 2.32. The second-order valence-electron chi connectivity index (χ2n) is 3.92. The van der Waals surface area contributed by atoms with E-state index < -0.39 is 23.7 Å².